The number of hydroxylamine groups is 2. The normalized spacial score (nSPS) is 18.7. The predicted molar refractivity (Wildman–Crippen MR) is 64.8 cm³/mol. The van der Waals surface area contributed by atoms with Crippen LogP contribution in [0.4, 0.5) is 4.79 Å². The number of carbonyl (C=O) groups excluding carboxylic acids is 2. The van der Waals surface area contributed by atoms with Crippen molar-refractivity contribution in [1.29, 1.82) is 0 Å². The van der Waals surface area contributed by atoms with E-state index >= 15 is 0 Å². The second kappa shape index (κ2) is 4.36. The summed E-state index contributed by atoms with van der Waals surface area (Å²) in [5.74, 6) is 0.288. The van der Waals surface area contributed by atoms with Gasteiger partial charge in [-0.05, 0) is 18.9 Å². The molecule has 6 nitrogen and oxygen atoms in total. The molecule has 3 amide bonds. The summed E-state index contributed by atoms with van der Waals surface area (Å²) in [5, 5.41) is 3.86. The monoisotopic (exact) mass is 251 g/mol. The zero-order valence-corrected chi connectivity index (χ0v) is 11.0. The van der Waals surface area contributed by atoms with Crippen LogP contribution >= 0.6 is 0 Å². The van der Waals surface area contributed by atoms with Gasteiger partial charge in [0.05, 0.1) is 12.1 Å². The number of hydrogen-bond donors (Lipinski definition) is 1. The van der Waals surface area contributed by atoms with Crippen LogP contribution < -0.4 is 5.32 Å². The van der Waals surface area contributed by atoms with Gasteiger partial charge in [-0.2, -0.15) is 0 Å². The average Bonchev–Trinajstić information content (AvgIpc) is 2.67. The number of rotatable bonds is 1. The lowest BCUT2D eigenvalue weighted by Crippen LogP contribution is -2.41. The van der Waals surface area contributed by atoms with Gasteiger partial charge in [0.15, 0.2) is 0 Å². The topological polar surface area (TPSA) is 61.9 Å². The van der Waals surface area contributed by atoms with Crippen LogP contribution in [0.15, 0.2) is 22.7 Å². The highest BCUT2D eigenvalue weighted by Gasteiger charge is 2.35. The molecule has 0 aliphatic carbocycles. The molecule has 2 aliphatic rings. The van der Waals surface area contributed by atoms with E-state index in [2.05, 4.69) is 5.32 Å². The molecule has 0 atom stereocenters. The lowest BCUT2D eigenvalue weighted by molar-refractivity contribution is -0.121. The Kier molecular flexibility index (Phi) is 3.02. The van der Waals surface area contributed by atoms with Gasteiger partial charge in [0.1, 0.15) is 0 Å². The molecule has 0 bridgehead atoms. The van der Waals surface area contributed by atoms with Crippen molar-refractivity contribution in [2.24, 2.45) is 0 Å². The van der Waals surface area contributed by atoms with Gasteiger partial charge in [-0.3, -0.25) is 10.1 Å². The zero-order valence-electron chi connectivity index (χ0n) is 11.0. The van der Waals surface area contributed by atoms with Gasteiger partial charge in [-0.1, -0.05) is 6.92 Å². The number of urea groups is 1. The smallest absolute Gasteiger partial charge is 0.352 e. The van der Waals surface area contributed by atoms with Crippen LogP contribution in [0.5, 0.6) is 0 Å². The minimum atomic E-state index is -0.272. The first-order chi connectivity index (χ1) is 8.45. The highest BCUT2D eigenvalue weighted by Crippen LogP contribution is 2.34. The lowest BCUT2D eigenvalue weighted by atomic mass is 9.99. The Balaban J connectivity index is 2.38. The third-order valence-corrected chi connectivity index (χ3v) is 3.06. The van der Waals surface area contributed by atoms with Crippen molar-refractivity contribution in [3.8, 4) is 0 Å². The van der Waals surface area contributed by atoms with E-state index in [0.29, 0.717) is 12.3 Å². The molecule has 0 saturated carbocycles. The largest absolute Gasteiger partial charge is 0.357 e. The quantitative estimate of drug-likeness (QED) is 0.764. The summed E-state index contributed by atoms with van der Waals surface area (Å²) in [6, 6.07) is -0.272. The van der Waals surface area contributed by atoms with Crippen LogP contribution in [0.3, 0.4) is 0 Å². The van der Waals surface area contributed by atoms with Gasteiger partial charge in [0.2, 0.25) is 11.8 Å². The summed E-state index contributed by atoms with van der Waals surface area (Å²) in [6.45, 7) is 3.82. The maximum absolute atomic E-state index is 12.0. The molecule has 18 heavy (non-hydrogen) atoms. The fourth-order valence-electron chi connectivity index (χ4n) is 2.14. The number of hydrogen-bond acceptors (Lipinski definition) is 3. The van der Waals surface area contributed by atoms with E-state index in [-0.39, 0.29) is 11.9 Å². The standard InChI is InChI=1S/C12H17N3O3/c1-5-8-7(2)15(12(17)14(3)4)18-11-9(8)6-10(16)13-11/h5-6H2,1-4H3,(H,13,16). The molecule has 2 aliphatic heterocycles. The highest BCUT2D eigenvalue weighted by molar-refractivity contribution is 5.86. The van der Waals surface area contributed by atoms with Gasteiger partial charge in [0.25, 0.3) is 0 Å². The predicted octanol–water partition coefficient (Wildman–Crippen LogP) is 1.33. The Morgan fingerprint density at radius 1 is 1.50 bits per heavy atom. The molecule has 0 aromatic carbocycles. The first kappa shape index (κ1) is 12.5. The summed E-state index contributed by atoms with van der Waals surface area (Å²) >= 11 is 0. The number of amides is 3. The molecule has 0 radical (unpaired) electrons. The Morgan fingerprint density at radius 3 is 2.72 bits per heavy atom. The van der Waals surface area contributed by atoms with Crippen LogP contribution in [0.25, 0.3) is 0 Å². The minimum absolute atomic E-state index is 0.0992. The van der Waals surface area contributed by atoms with E-state index < -0.39 is 0 Å². The molecule has 0 aromatic heterocycles. The molecule has 0 saturated heterocycles. The summed E-state index contributed by atoms with van der Waals surface area (Å²) in [5.41, 5.74) is 2.60. The summed E-state index contributed by atoms with van der Waals surface area (Å²) in [7, 11) is 3.31. The van der Waals surface area contributed by atoms with Crippen LogP contribution in [0.2, 0.25) is 0 Å². The molecular formula is C12H17N3O3. The van der Waals surface area contributed by atoms with Crippen LogP contribution in [-0.2, 0) is 9.63 Å². The SMILES string of the molecule is CCC1=C(C)N(C(=O)N(C)C)OC2=C1CC(=O)N2. The van der Waals surface area contributed by atoms with Gasteiger partial charge in [-0.15, -0.1) is 5.06 Å². The molecule has 0 fully saturated rings. The lowest BCUT2D eigenvalue weighted by Gasteiger charge is -2.31. The van der Waals surface area contributed by atoms with Crippen molar-refractivity contribution in [2.45, 2.75) is 26.7 Å². The van der Waals surface area contributed by atoms with Gasteiger partial charge < -0.3 is 9.74 Å². The van der Waals surface area contributed by atoms with Crippen molar-refractivity contribution in [3.05, 3.63) is 22.7 Å². The molecule has 6 heteroatoms. The van der Waals surface area contributed by atoms with Crippen LogP contribution in [-0.4, -0.2) is 36.0 Å². The van der Waals surface area contributed by atoms with E-state index in [0.717, 1.165) is 23.3 Å². The van der Waals surface area contributed by atoms with Gasteiger partial charge >= 0.3 is 6.03 Å². The van der Waals surface area contributed by atoms with Gasteiger partial charge in [-0.25, -0.2) is 4.79 Å². The molecule has 2 heterocycles. The molecule has 0 spiro atoms. The van der Waals surface area contributed by atoms with E-state index in [1.807, 2.05) is 13.8 Å². The van der Waals surface area contributed by atoms with Crippen LogP contribution in [0.1, 0.15) is 26.7 Å². The third-order valence-electron chi connectivity index (χ3n) is 3.06. The van der Waals surface area contributed by atoms with Crippen molar-refractivity contribution in [3.63, 3.8) is 0 Å². The molecule has 1 N–H and O–H groups in total. The highest BCUT2D eigenvalue weighted by atomic mass is 16.7. The molecule has 0 unspecified atom stereocenters. The van der Waals surface area contributed by atoms with E-state index in [4.69, 9.17) is 4.84 Å². The Morgan fingerprint density at radius 2 is 2.17 bits per heavy atom. The summed E-state index contributed by atoms with van der Waals surface area (Å²) in [6.07, 6.45) is 1.07. The first-order valence-corrected chi connectivity index (χ1v) is 5.88. The van der Waals surface area contributed by atoms with E-state index in [9.17, 15) is 9.59 Å². The fourth-order valence-corrected chi connectivity index (χ4v) is 2.14. The van der Waals surface area contributed by atoms with Crippen molar-refractivity contribution >= 4 is 11.9 Å². The van der Waals surface area contributed by atoms with Crippen molar-refractivity contribution in [2.75, 3.05) is 14.1 Å². The summed E-state index contributed by atoms with van der Waals surface area (Å²) < 4.78 is 0. The summed E-state index contributed by atoms with van der Waals surface area (Å²) in [4.78, 5) is 30.3. The molecule has 98 valence electrons. The molecular weight excluding hydrogens is 234 g/mol. The Bertz CT molecular complexity index is 477. The molecule has 2 rings (SSSR count). The molecule has 0 aromatic rings. The number of allylic oxidation sites excluding steroid dienone is 2. The third kappa shape index (κ3) is 1.83. The number of carbonyl (C=O) groups is 2. The second-order valence-corrected chi connectivity index (χ2v) is 4.51. The first-order valence-electron chi connectivity index (χ1n) is 5.88. The van der Waals surface area contributed by atoms with E-state index in [1.54, 1.807) is 14.1 Å². The minimum Gasteiger partial charge on any atom is -0.352 e. The maximum Gasteiger partial charge on any atom is 0.357 e. The number of nitrogens with one attached hydrogen (secondary N) is 1. The second-order valence-electron chi connectivity index (χ2n) is 4.51. The Labute approximate surface area is 106 Å². The van der Waals surface area contributed by atoms with Crippen molar-refractivity contribution < 1.29 is 14.4 Å². The van der Waals surface area contributed by atoms with Crippen LogP contribution in [0, 0.1) is 0 Å². The number of nitrogens with zero attached hydrogens (tertiary/aromatic N) is 2. The maximum atomic E-state index is 12.0. The van der Waals surface area contributed by atoms with E-state index in [1.165, 1.54) is 9.96 Å². The fraction of sp³-hybridized carbons (Fsp3) is 0.500. The van der Waals surface area contributed by atoms with Crippen molar-refractivity contribution in [1.82, 2.24) is 15.3 Å². The Hall–Kier alpha value is -1.98. The van der Waals surface area contributed by atoms with Gasteiger partial charge in [0, 0.05) is 19.7 Å². The zero-order chi connectivity index (χ0) is 13.4. The average molecular weight is 251 g/mol.